The summed E-state index contributed by atoms with van der Waals surface area (Å²) in [6, 6.07) is 5.22. The van der Waals surface area contributed by atoms with Gasteiger partial charge in [-0.25, -0.2) is 0 Å². The molecule has 1 saturated carbocycles. The molecule has 1 fully saturated rings. The van der Waals surface area contributed by atoms with Crippen molar-refractivity contribution in [1.29, 1.82) is 0 Å². The van der Waals surface area contributed by atoms with Crippen molar-refractivity contribution in [3.63, 3.8) is 0 Å². The molecule has 2 nitrogen and oxygen atoms in total. The van der Waals surface area contributed by atoms with E-state index in [1.54, 1.807) is 18.2 Å². The number of nitrogens with one attached hydrogen (secondary N) is 1. The van der Waals surface area contributed by atoms with Crippen LogP contribution in [0, 0.1) is 5.41 Å². The highest BCUT2D eigenvalue weighted by atomic mass is 79.9. The van der Waals surface area contributed by atoms with Crippen molar-refractivity contribution in [2.45, 2.75) is 19.8 Å². The van der Waals surface area contributed by atoms with Crippen LogP contribution in [-0.4, -0.2) is 12.5 Å². The highest BCUT2D eigenvalue weighted by Crippen LogP contribution is 2.44. The zero-order valence-electron chi connectivity index (χ0n) is 9.02. The smallest absolute Gasteiger partial charge is 0.251 e. The van der Waals surface area contributed by atoms with Gasteiger partial charge in [0.2, 0.25) is 0 Å². The van der Waals surface area contributed by atoms with Gasteiger partial charge in [-0.1, -0.05) is 34.5 Å². The van der Waals surface area contributed by atoms with Gasteiger partial charge >= 0.3 is 0 Å². The number of carbonyl (C=O) groups is 1. The molecule has 0 unspecified atom stereocenters. The third-order valence-corrected chi connectivity index (χ3v) is 3.58. The van der Waals surface area contributed by atoms with Crippen LogP contribution in [0.15, 0.2) is 22.7 Å². The Balaban J connectivity index is 2.02. The van der Waals surface area contributed by atoms with Gasteiger partial charge in [0.15, 0.2) is 0 Å². The first-order chi connectivity index (χ1) is 7.48. The molecule has 0 radical (unpaired) electrons. The fraction of sp³-hybridized carbons (Fsp3) is 0.417. The Morgan fingerprint density at radius 2 is 2.19 bits per heavy atom. The Hall–Kier alpha value is -0.540. The quantitative estimate of drug-likeness (QED) is 0.907. The SMILES string of the molecule is CC1(CNC(=O)c2cc(Cl)cc(Br)c2)CC1. The van der Waals surface area contributed by atoms with Gasteiger partial charge in [-0.3, -0.25) is 4.79 Å². The molecule has 1 amide bonds. The molecule has 0 saturated heterocycles. The summed E-state index contributed by atoms with van der Waals surface area (Å²) < 4.78 is 0.822. The maximum atomic E-state index is 11.8. The molecule has 1 aromatic rings. The summed E-state index contributed by atoms with van der Waals surface area (Å²) in [7, 11) is 0. The van der Waals surface area contributed by atoms with Crippen LogP contribution < -0.4 is 5.32 Å². The fourth-order valence-electron chi connectivity index (χ4n) is 1.47. The minimum absolute atomic E-state index is 0.0590. The summed E-state index contributed by atoms with van der Waals surface area (Å²) >= 11 is 9.21. The average Bonchev–Trinajstić information content (AvgIpc) is 2.92. The van der Waals surface area contributed by atoms with E-state index in [2.05, 4.69) is 28.2 Å². The number of halogens is 2. The van der Waals surface area contributed by atoms with E-state index < -0.39 is 0 Å². The first-order valence-electron chi connectivity index (χ1n) is 5.23. The van der Waals surface area contributed by atoms with Gasteiger partial charge in [0.25, 0.3) is 5.91 Å². The summed E-state index contributed by atoms with van der Waals surface area (Å²) in [5, 5.41) is 3.50. The summed E-state index contributed by atoms with van der Waals surface area (Å²) in [4.78, 5) is 11.8. The normalized spacial score (nSPS) is 16.9. The number of hydrogen-bond donors (Lipinski definition) is 1. The second kappa shape index (κ2) is 4.38. The van der Waals surface area contributed by atoms with E-state index >= 15 is 0 Å². The molecule has 4 heteroatoms. The van der Waals surface area contributed by atoms with Gasteiger partial charge in [-0.15, -0.1) is 0 Å². The van der Waals surface area contributed by atoms with Crippen LogP contribution in [0.4, 0.5) is 0 Å². The lowest BCUT2D eigenvalue weighted by atomic mass is 10.1. The molecular formula is C12H13BrClNO. The monoisotopic (exact) mass is 301 g/mol. The third-order valence-electron chi connectivity index (χ3n) is 2.90. The second-order valence-corrected chi connectivity index (χ2v) is 6.00. The molecule has 1 aliphatic rings. The van der Waals surface area contributed by atoms with Gasteiger partial charge < -0.3 is 5.32 Å². The molecule has 1 aliphatic carbocycles. The Kier molecular flexibility index (Phi) is 3.27. The molecule has 0 bridgehead atoms. The largest absolute Gasteiger partial charge is 0.351 e. The van der Waals surface area contributed by atoms with E-state index in [0.717, 1.165) is 11.0 Å². The first kappa shape index (κ1) is 11.9. The lowest BCUT2D eigenvalue weighted by Crippen LogP contribution is -2.28. The van der Waals surface area contributed by atoms with Crippen molar-refractivity contribution < 1.29 is 4.79 Å². The zero-order chi connectivity index (χ0) is 11.8. The predicted molar refractivity (Wildman–Crippen MR) is 68.8 cm³/mol. The van der Waals surface area contributed by atoms with E-state index in [-0.39, 0.29) is 5.91 Å². The van der Waals surface area contributed by atoms with Gasteiger partial charge in [0.1, 0.15) is 0 Å². The minimum atomic E-state index is -0.0590. The van der Waals surface area contributed by atoms with Crippen LogP contribution in [0.5, 0.6) is 0 Å². The molecule has 0 aliphatic heterocycles. The van der Waals surface area contributed by atoms with E-state index in [9.17, 15) is 4.79 Å². The third kappa shape index (κ3) is 2.98. The van der Waals surface area contributed by atoms with Crippen molar-refractivity contribution in [3.05, 3.63) is 33.3 Å². The predicted octanol–water partition coefficient (Wildman–Crippen LogP) is 3.63. The number of hydrogen-bond acceptors (Lipinski definition) is 1. The molecule has 0 atom stereocenters. The summed E-state index contributed by atoms with van der Waals surface area (Å²) in [5.74, 6) is -0.0590. The number of amides is 1. The van der Waals surface area contributed by atoms with Gasteiger partial charge in [-0.2, -0.15) is 0 Å². The van der Waals surface area contributed by atoms with Crippen LogP contribution >= 0.6 is 27.5 Å². The molecule has 16 heavy (non-hydrogen) atoms. The zero-order valence-corrected chi connectivity index (χ0v) is 11.4. The van der Waals surface area contributed by atoms with Crippen LogP contribution in [0.25, 0.3) is 0 Å². The van der Waals surface area contributed by atoms with E-state index in [4.69, 9.17) is 11.6 Å². The lowest BCUT2D eigenvalue weighted by molar-refractivity contribution is 0.0946. The molecule has 0 heterocycles. The van der Waals surface area contributed by atoms with E-state index in [0.29, 0.717) is 16.0 Å². The molecule has 0 spiro atoms. The summed E-state index contributed by atoms with van der Waals surface area (Å²) in [5.41, 5.74) is 0.925. The van der Waals surface area contributed by atoms with Crippen molar-refractivity contribution in [2.75, 3.05) is 6.54 Å². The van der Waals surface area contributed by atoms with Crippen molar-refractivity contribution in [3.8, 4) is 0 Å². The Labute approximate surface area is 108 Å². The van der Waals surface area contributed by atoms with Crippen LogP contribution in [0.2, 0.25) is 5.02 Å². The Morgan fingerprint density at radius 1 is 1.50 bits per heavy atom. The van der Waals surface area contributed by atoms with Crippen molar-refractivity contribution >= 4 is 33.4 Å². The second-order valence-electron chi connectivity index (χ2n) is 4.65. The molecule has 1 aromatic carbocycles. The molecule has 0 aromatic heterocycles. The van der Waals surface area contributed by atoms with Crippen LogP contribution in [0.1, 0.15) is 30.1 Å². The topological polar surface area (TPSA) is 29.1 Å². The first-order valence-corrected chi connectivity index (χ1v) is 6.40. The summed E-state index contributed by atoms with van der Waals surface area (Å²) in [6.07, 6.45) is 2.40. The van der Waals surface area contributed by atoms with Crippen molar-refractivity contribution in [1.82, 2.24) is 5.32 Å². The molecule has 86 valence electrons. The maximum Gasteiger partial charge on any atom is 0.251 e. The van der Waals surface area contributed by atoms with Gasteiger partial charge in [-0.05, 0) is 36.5 Å². The van der Waals surface area contributed by atoms with Gasteiger partial charge in [0.05, 0.1) is 0 Å². The van der Waals surface area contributed by atoms with Crippen LogP contribution in [0.3, 0.4) is 0 Å². The van der Waals surface area contributed by atoms with Crippen molar-refractivity contribution in [2.24, 2.45) is 5.41 Å². The van der Waals surface area contributed by atoms with E-state index in [1.807, 2.05) is 0 Å². The Morgan fingerprint density at radius 3 is 2.75 bits per heavy atom. The molecule has 1 N–H and O–H groups in total. The van der Waals surface area contributed by atoms with E-state index in [1.165, 1.54) is 12.8 Å². The lowest BCUT2D eigenvalue weighted by Gasteiger charge is -2.10. The average molecular weight is 303 g/mol. The summed E-state index contributed by atoms with van der Waals surface area (Å²) in [6.45, 7) is 2.93. The fourth-order valence-corrected chi connectivity index (χ4v) is 2.33. The minimum Gasteiger partial charge on any atom is -0.351 e. The number of carbonyl (C=O) groups excluding carboxylic acids is 1. The standard InChI is InChI=1S/C12H13BrClNO/c1-12(2-3-12)7-15-11(16)8-4-9(13)6-10(14)5-8/h4-6H,2-3,7H2,1H3,(H,15,16). The van der Waals surface area contributed by atoms with Gasteiger partial charge in [0, 0.05) is 21.6 Å². The Bertz CT molecular complexity index is 409. The highest BCUT2D eigenvalue weighted by Gasteiger charge is 2.37. The molecular weight excluding hydrogens is 289 g/mol. The molecule has 2 rings (SSSR count). The van der Waals surface area contributed by atoms with Crippen LogP contribution in [-0.2, 0) is 0 Å². The highest BCUT2D eigenvalue weighted by molar-refractivity contribution is 9.10. The number of benzene rings is 1. The number of rotatable bonds is 3. The maximum absolute atomic E-state index is 11.8.